The normalized spacial score (nSPS) is 11.9. The highest BCUT2D eigenvalue weighted by molar-refractivity contribution is 5.88. The first-order valence-electron chi connectivity index (χ1n) is 12.6. The number of fused-ring (bicyclic) bond motifs is 2. The van der Waals surface area contributed by atoms with Crippen LogP contribution in [0.2, 0.25) is 0 Å². The van der Waals surface area contributed by atoms with E-state index in [1.165, 1.54) is 66.8 Å². The van der Waals surface area contributed by atoms with E-state index in [0.717, 1.165) is 33.4 Å². The first-order valence-corrected chi connectivity index (χ1v) is 12.6. The van der Waals surface area contributed by atoms with Crippen LogP contribution in [-0.2, 0) is 0 Å². The molecule has 0 unspecified atom stereocenters. The molecule has 6 heteroatoms. The van der Waals surface area contributed by atoms with Gasteiger partial charge in [0.2, 0.25) is 0 Å². The molecular formula is C30H36N6. The summed E-state index contributed by atoms with van der Waals surface area (Å²) in [4.78, 5) is 0. The fraction of sp³-hybridized carbons (Fsp3) is 0.400. The Labute approximate surface area is 213 Å². The highest BCUT2D eigenvalue weighted by Crippen LogP contribution is 2.37. The largest absolute Gasteiger partial charge is 0.212 e. The Bertz CT molecular complexity index is 1590. The van der Waals surface area contributed by atoms with Gasteiger partial charge in [-0.2, -0.15) is 0 Å². The van der Waals surface area contributed by atoms with Gasteiger partial charge in [-0.3, -0.25) is 0 Å². The summed E-state index contributed by atoms with van der Waals surface area (Å²) < 4.78 is 4.11. The molecule has 2 aromatic heterocycles. The maximum atomic E-state index is 4.69. The molecule has 0 aliphatic heterocycles. The van der Waals surface area contributed by atoms with Gasteiger partial charge in [-0.05, 0) is 150 Å². The SMILES string of the molecule is Cc1c(C)c(-n2nnc3c(C)c(C)c(C)c(C)c32)c(C)c(C)c1-n1nnc2c(C)c(C)c(C)c(C)c21. The third-order valence-electron chi connectivity index (χ3n) is 9.11. The van der Waals surface area contributed by atoms with Crippen LogP contribution in [0.4, 0.5) is 0 Å². The lowest BCUT2D eigenvalue weighted by Crippen LogP contribution is -2.12. The third-order valence-corrected chi connectivity index (χ3v) is 9.11. The summed E-state index contributed by atoms with van der Waals surface area (Å²) in [5.41, 5.74) is 21.1. The number of aromatic nitrogens is 6. The summed E-state index contributed by atoms with van der Waals surface area (Å²) >= 11 is 0. The van der Waals surface area contributed by atoms with Gasteiger partial charge in [0.25, 0.3) is 0 Å². The standard InChI is InChI=1S/C30H36N6/c1-13-15(3)19(7)29-25(17(13)5)31-33-35(29)27-21(9)23(11)28(24(12)22(27)10)36-30-20(8)16(4)14(2)18(6)26(30)32-34-36/h1-12H3. The van der Waals surface area contributed by atoms with Crippen molar-refractivity contribution in [2.75, 3.05) is 0 Å². The van der Waals surface area contributed by atoms with E-state index >= 15 is 0 Å². The Morgan fingerprint density at radius 2 is 0.611 bits per heavy atom. The van der Waals surface area contributed by atoms with E-state index in [0.29, 0.717) is 0 Å². The Morgan fingerprint density at radius 1 is 0.333 bits per heavy atom. The highest BCUT2D eigenvalue weighted by Gasteiger charge is 2.25. The molecule has 5 aromatic rings. The molecule has 0 saturated heterocycles. The summed E-state index contributed by atoms with van der Waals surface area (Å²) in [7, 11) is 0. The number of aryl methyl sites for hydroxylation is 4. The quantitative estimate of drug-likeness (QED) is 0.277. The molecule has 3 aromatic carbocycles. The maximum Gasteiger partial charge on any atom is 0.117 e. The van der Waals surface area contributed by atoms with Crippen molar-refractivity contribution in [3.05, 3.63) is 66.8 Å². The molecule has 0 saturated carbocycles. The van der Waals surface area contributed by atoms with Gasteiger partial charge in [-0.1, -0.05) is 10.4 Å². The molecule has 2 heterocycles. The smallest absolute Gasteiger partial charge is 0.117 e. The van der Waals surface area contributed by atoms with Crippen molar-refractivity contribution in [1.29, 1.82) is 0 Å². The molecule has 0 radical (unpaired) electrons. The average molecular weight is 481 g/mol. The van der Waals surface area contributed by atoms with Crippen LogP contribution in [0, 0.1) is 83.1 Å². The Hall–Kier alpha value is -3.54. The molecule has 0 atom stereocenters. The van der Waals surface area contributed by atoms with Gasteiger partial charge < -0.3 is 0 Å². The molecule has 0 amide bonds. The van der Waals surface area contributed by atoms with Crippen LogP contribution in [0.3, 0.4) is 0 Å². The van der Waals surface area contributed by atoms with E-state index in [-0.39, 0.29) is 0 Å². The summed E-state index contributed by atoms with van der Waals surface area (Å²) in [5, 5.41) is 18.7. The van der Waals surface area contributed by atoms with Crippen molar-refractivity contribution < 1.29 is 0 Å². The summed E-state index contributed by atoms with van der Waals surface area (Å²) in [5.74, 6) is 0. The molecule has 0 spiro atoms. The van der Waals surface area contributed by atoms with Gasteiger partial charge in [0.05, 0.1) is 22.4 Å². The summed E-state index contributed by atoms with van der Waals surface area (Å²) in [6.07, 6.45) is 0. The lowest BCUT2D eigenvalue weighted by Gasteiger charge is -2.22. The van der Waals surface area contributed by atoms with Crippen LogP contribution in [0.5, 0.6) is 0 Å². The van der Waals surface area contributed by atoms with Crippen LogP contribution in [0.1, 0.15) is 66.8 Å². The lowest BCUT2D eigenvalue weighted by molar-refractivity contribution is 0.790. The summed E-state index contributed by atoms with van der Waals surface area (Å²) in [6, 6.07) is 0. The van der Waals surface area contributed by atoms with Crippen molar-refractivity contribution in [1.82, 2.24) is 30.0 Å². The topological polar surface area (TPSA) is 61.4 Å². The van der Waals surface area contributed by atoms with E-state index in [2.05, 4.69) is 103 Å². The minimum atomic E-state index is 0.980. The first-order chi connectivity index (χ1) is 16.9. The first kappa shape index (κ1) is 24.2. The molecule has 5 rings (SSSR count). The van der Waals surface area contributed by atoms with Crippen LogP contribution in [0.15, 0.2) is 0 Å². The molecule has 0 N–H and O–H groups in total. The second-order valence-corrected chi connectivity index (χ2v) is 10.6. The van der Waals surface area contributed by atoms with Gasteiger partial charge in [0.1, 0.15) is 11.0 Å². The number of benzene rings is 3. The van der Waals surface area contributed by atoms with E-state index in [9.17, 15) is 0 Å². The zero-order chi connectivity index (χ0) is 26.4. The molecule has 0 fully saturated rings. The van der Waals surface area contributed by atoms with Crippen LogP contribution in [-0.4, -0.2) is 30.0 Å². The van der Waals surface area contributed by atoms with Crippen LogP contribution >= 0.6 is 0 Å². The van der Waals surface area contributed by atoms with E-state index in [1.54, 1.807) is 0 Å². The van der Waals surface area contributed by atoms with Crippen molar-refractivity contribution in [2.24, 2.45) is 0 Å². The maximum absolute atomic E-state index is 4.69. The lowest BCUT2D eigenvalue weighted by atomic mass is 9.93. The number of hydrogen-bond acceptors (Lipinski definition) is 4. The number of hydrogen-bond donors (Lipinski definition) is 0. The predicted octanol–water partition coefficient (Wildman–Crippen LogP) is 6.86. The highest BCUT2D eigenvalue weighted by atomic mass is 15.4. The van der Waals surface area contributed by atoms with E-state index in [4.69, 9.17) is 10.4 Å². The third kappa shape index (κ3) is 2.96. The van der Waals surface area contributed by atoms with Crippen LogP contribution in [0.25, 0.3) is 33.4 Å². The van der Waals surface area contributed by atoms with Gasteiger partial charge in [-0.15, -0.1) is 10.2 Å². The minimum absolute atomic E-state index is 0.980. The van der Waals surface area contributed by atoms with Gasteiger partial charge in [0.15, 0.2) is 0 Å². The minimum Gasteiger partial charge on any atom is -0.212 e. The second kappa shape index (κ2) is 7.99. The Balaban J connectivity index is 1.86. The molecule has 36 heavy (non-hydrogen) atoms. The van der Waals surface area contributed by atoms with E-state index < -0.39 is 0 Å². The number of rotatable bonds is 2. The van der Waals surface area contributed by atoms with Crippen molar-refractivity contribution in [3.63, 3.8) is 0 Å². The average Bonchev–Trinajstić information content (AvgIpc) is 3.48. The fourth-order valence-electron chi connectivity index (χ4n) is 5.80. The molecule has 0 aliphatic carbocycles. The monoisotopic (exact) mass is 480 g/mol. The molecule has 0 aliphatic rings. The van der Waals surface area contributed by atoms with Crippen molar-refractivity contribution in [2.45, 2.75) is 83.1 Å². The van der Waals surface area contributed by atoms with Crippen molar-refractivity contribution in [3.8, 4) is 11.4 Å². The Kier molecular flexibility index (Phi) is 5.36. The summed E-state index contributed by atoms with van der Waals surface area (Å²) in [6.45, 7) is 26.1. The van der Waals surface area contributed by atoms with Gasteiger partial charge >= 0.3 is 0 Å². The second-order valence-electron chi connectivity index (χ2n) is 10.6. The molecular weight excluding hydrogens is 444 g/mol. The van der Waals surface area contributed by atoms with Gasteiger partial charge in [0, 0.05) is 0 Å². The fourth-order valence-corrected chi connectivity index (χ4v) is 5.80. The molecule has 0 bridgehead atoms. The number of nitrogens with zero attached hydrogens (tertiary/aromatic N) is 6. The van der Waals surface area contributed by atoms with Gasteiger partial charge in [-0.25, -0.2) is 9.36 Å². The predicted molar refractivity (Wildman–Crippen MR) is 148 cm³/mol. The van der Waals surface area contributed by atoms with Crippen LogP contribution < -0.4 is 0 Å². The molecule has 6 nitrogen and oxygen atoms in total. The van der Waals surface area contributed by atoms with E-state index in [1.807, 2.05) is 0 Å². The zero-order valence-corrected chi connectivity index (χ0v) is 23.7. The Morgan fingerprint density at radius 3 is 0.917 bits per heavy atom. The van der Waals surface area contributed by atoms with Crippen molar-refractivity contribution >= 4 is 22.1 Å². The zero-order valence-electron chi connectivity index (χ0n) is 23.7. The molecule has 186 valence electrons.